The molecule has 0 amide bonds. The maximum atomic E-state index is 6.28. The fourth-order valence-corrected chi connectivity index (χ4v) is 3.79. The number of nitrogens with zero attached hydrogens (tertiary/aromatic N) is 2. The van der Waals surface area contributed by atoms with Gasteiger partial charge >= 0.3 is 0 Å². The maximum Gasteiger partial charge on any atom is 0.184 e. The Morgan fingerprint density at radius 1 is 1.10 bits per heavy atom. The highest BCUT2D eigenvalue weighted by atomic mass is 35.5. The maximum absolute atomic E-state index is 6.28. The molecule has 112 valence electrons. The van der Waals surface area contributed by atoms with Crippen LogP contribution >= 0.6 is 35.4 Å². The second kappa shape index (κ2) is 7.05. The Labute approximate surface area is 138 Å². The lowest BCUT2D eigenvalue weighted by molar-refractivity contribution is 0.456. The van der Waals surface area contributed by atoms with Crippen molar-refractivity contribution in [1.82, 2.24) is 9.29 Å². The second-order valence-corrected chi connectivity index (χ2v) is 6.72. The molecule has 0 unspecified atom stereocenters. The van der Waals surface area contributed by atoms with Crippen molar-refractivity contribution < 1.29 is 4.18 Å². The third kappa shape index (κ3) is 3.57. The van der Waals surface area contributed by atoms with Crippen LogP contribution in [-0.4, -0.2) is 22.4 Å². The molecule has 0 radical (unpaired) electrons. The van der Waals surface area contributed by atoms with Crippen LogP contribution in [0.2, 0.25) is 10.0 Å². The van der Waals surface area contributed by atoms with Crippen molar-refractivity contribution in [3.8, 4) is 5.75 Å². The Bertz CT molecular complexity index is 630. The summed E-state index contributed by atoms with van der Waals surface area (Å²) >= 11 is 13.8. The standard InChI is InChI=1S/C15H16Cl2N2OS/c16-12-10-13(17)15(14-11(12)6-5-7-18-14)20-21-19-8-3-1-2-4-9-19/h5-7,10H,1-4,8-9H2. The fourth-order valence-electron chi connectivity index (χ4n) is 2.43. The van der Waals surface area contributed by atoms with Crippen molar-refractivity contribution in [2.24, 2.45) is 0 Å². The average Bonchev–Trinajstić information content (AvgIpc) is 2.76. The van der Waals surface area contributed by atoms with E-state index in [4.69, 9.17) is 27.4 Å². The van der Waals surface area contributed by atoms with Gasteiger partial charge in [-0.05, 0) is 31.0 Å². The van der Waals surface area contributed by atoms with Gasteiger partial charge in [0.2, 0.25) is 0 Å². The largest absolute Gasteiger partial charge is 0.406 e. The Hall–Kier alpha value is -0.680. The van der Waals surface area contributed by atoms with Crippen molar-refractivity contribution in [2.45, 2.75) is 25.7 Å². The highest BCUT2D eigenvalue weighted by Gasteiger charge is 2.16. The van der Waals surface area contributed by atoms with Crippen LogP contribution in [0.15, 0.2) is 24.4 Å². The number of benzene rings is 1. The molecule has 2 heterocycles. The number of hydrogen-bond donors (Lipinski definition) is 0. The smallest absolute Gasteiger partial charge is 0.184 e. The topological polar surface area (TPSA) is 25.4 Å². The van der Waals surface area contributed by atoms with Crippen molar-refractivity contribution in [1.29, 1.82) is 0 Å². The van der Waals surface area contributed by atoms with E-state index in [9.17, 15) is 0 Å². The van der Waals surface area contributed by atoms with Gasteiger partial charge in [0.25, 0.3) is 0 Å². The summed E-state index contributed by atoms with van der Waals surface area (Å²) in [4.78, 5) is 4.36. The van der Waals surface area contributed by atoms with Gasteiger partial charge in [0.1, 0.15) is 17.7 Å². The molecule has 1 saturated heterocycles. The molecule has 1 aromatic carbocycles. The quantitative estimate of drug-likeness (QED) is 0.553. The van der Waals surface area contributed by atoms with Gasteiger partial charge in [-0.15, -0.1) is 0 Å². The SMILES string of the molecule is Clc1cc(Cl)c2cccnc2c1OSN1CCCCCC1. The minimum Gasteiger partial charge on any atom is -0.406 e. The molecule has 1 aliphatic rings. The van der Waals surface area contributed by atoms with Crippen molar-refractivity contribution >= 4 is 46.3 Å². The van der Waals surface area contributed by atoms with Gasteiger partial charge in [-0.3, -0.25) is 4.98 Å². The lowest BCUT2D eigenvalue weighted by Crippen LogP contribution is -2.17. The molecule has 0 aliphatic carbocycles. The van der Waals surface area contributed by atoms with Crippen LogP contribution in [0.25, 0.3) is 10.9 Å². The van der Waals surface area contributed by atoms with Crippen molar-refractivity contribution in [3.05, 3.63) is 34.4 Å². The van der Waals surface area contributed by atoms with E-state index < -0.39 is 0 Å². The molecule has 1 aliphatic heterocycles. The monoisotopic (exact) mass is 342 g/mol. The summed E-state index contributed by atoms with van der Waals surface area (Å²) in [6, 6.07) is 5.49. The predicted molar refractivity (Wildman–Crippen MR) is 90.0 cm³/mol. The summed E-state index contributed by atoms with van der Waals surface area (Å²) in [6.45, 7) is 2.09. The predicted octanol–water partition coefficient (Wildman–Crippen LogP) is 5.36. The van der Waals surface area contributed by atoms with Crippen molar-refractivity contribution in [3.63, 3.8) is 0 Å². The molecule has 0 saturated carbocycles. The molecule has 6 heteroatoms. The normalized spacial score (nSPS) is 16.9. The third-order valence-electron chi connectivity index (χ3n) is 3.54. The molecule has 0 bridgehead atoms. The number of rotatable bonds is 3. The minimum atomic E-state index is 0.494. The average molecular weight is 343 g/mol. The first-order valence-electron chi connectivity index (χ1n) is 7.08. The zero-order chi connectivity index (χ0) is 14.7. The van der Waals surface area contributed by atoms with Gasteiger partial charge < -0.3 is 4.18 Å². The second-order valence-electron chi connectivity index (χ2n) is 5.07. The van der Waals surface area contributed by atoms with Crippen LogP contribution in [0.5, 0.6) is 5.75 Å². The molecule has 3 nitrogen and oxygen atoms in total. The highest BCUT2D eigenvalue weighted by molar-refractivity contribution is 7.92. The van der Waals surface area contributed by atoms with Crippen LogP contribution in [0.1, 0.15) is 25.7 Å². The molecule has 1 aromatic heterocycles. The van der Waals surface area contributed by atoms with Crippen LogP contribution in [0.3, 0.4) is 0 Å². The van der Waals surface area contributed by atoms with Gasteiger partial charge in [-0.2, -0.15) is 0 Å². The first-order valence-corrected chi connectivity index (χ1v) is 8.53. The van der Waals surface area contributed by atoms with E-state index >= 15 is 0 Å². The molecule has 0 atom stereocenters. The van der Waals surface area contributed by atoms with E-state index in [1.54, 1.807) is 12.3 Å². The van der Waals surface area contributed by atoms with Gasteiger partial charge in [0.05, 0.1) is 10.0 Å². The summed E-state index contributed by atoms with van der Waals surface area (Å²) in [7, 11) is 0. The Balaban J connectivity index is 1.83. The lowest BCUT2D eigenvalue weighted by atomic mass is 10.2. The summed E-state index contributed by atoms with van der Waals surface area (Å²) in [5.74, 6) is 0.589. The van der Waals surface area contributed by atoms with E-state index in [0.717, 1.165) is 18.5 Å². The number of aromatic nitrogens is 1. The van der Waals surface area contributed by atoms with Crippen LogP contribution in [-0.2, 0) is 0 Å². The highest BCUT2D eigenvalue weighted by Crippen LogP contribution is 2.39. The number of pyridine rings is 1. The summed E-state index contributed by atoms with van der Waals surface area (Å²) in [5.41, 5.74) is 0.706. The van der Waals surface area contributed by atoms with Crippen molar-refractivity contribution in [2.75, 3.05) is 13.1 Å². The zero-order valence-electron chi connectivity index (χ0n) is 11.5. The number of fused-ring (bicyclic) bond motifs is 1. The van der Waals surface area contributed by atoms with E-state index in [1.165, 1.54) is 37.9 Å². The molecule has 0 spiro atoms. The van der Waals surface area contributed by atoms with E-state index in [1.807, 2.05) is 12.1 Å². The van der Waals surface area contributed by atoms with Gasteiger partial charge in [-0.25, -0.2) is 4.31 Å². The minimum absolute atomic E-state index is 0.494. The molecular weight excluding hydrogens is 327 g/mol. The number of hydrogen-bond acceptors (Lipinski definition) is 4. The van der Waals surface area contributed by atoms with Gasteiger partial charge in [0, 0.05) is 24.7 Å². The van der Waals surface area contributed by atoms with Gasteiger partial charge in [0.15, 0.2) is 5.75 Å². The third-order valence-corrected chi connectivity index (χ3v) is 4.95. The first kappa shape index (κ1) is 15.2. The molecule has 2 aromatic rings. The molecule has 3 rings (SSSR count). The summed E-state index contributed by atoms with van der Waals surface area (Å²) in [6.07, 6.45) is 6.73. The Morgan fingerprint density at radius 3 is 2.62 bits per heavy atom. The Kier molecular flexibility index (Phi) is 5.11. The van der Waals surface area contributed by atoms with Crippen LogP contribution < -0.4 is 4.18 Å². The van der Waals surface area contributed by atoms with Gasteiger partial charge in [-0.1, -0.05) is 36.0 Å². The van der Waals surface area contributed by atoms with E-state index in [0.29, 0.717) is 21.3 Å². The molecule has 0 N–H and O–H groups in total. The molecule has 21 heavy (non-hydrogen) atoms. The van der Waals surface area contributed by atoms with E-state index in [2.05, 4.69) is 9.29 Å². The first-order chi connectivity index (χ1) is 10.3. The van der Waals surface area contributed by atoms with Crippen LogP contribution in [0.4, 0.5) is 0 Å². The summed E-state index contributed by atoms with van der Waals surface area (Å²) < 4.78 is 8.13. The molecule has 1 fully saturated rings. The van der Waals surface area contributed by atoms with E-state index in [-0.39, 0.29) is 0 Å². The lowest BCUT2D eigenvalue weighted by Gasteiger charge is -2.18. The Morgan fingerprint density at radius 2 is 1.86 bits per heavy atom. The van der Waals surface area contributed by atoms with Crippen LogP contribution in [0, 0.1) is 0 Å². The fraction of sp³-hybridized carbons (Fsp3) is 0.400. The number of halogens is 2. The summed E-state index contributed by atoms with van der Waals surface area (Å²) in [5, 5.41) is 1.94. The molecular formula is C15H16Cl2N2OS. The zero-order valence-corrected chi connectivity index (χ0v) is 13.8.